The van der Waals surface area contributed by atoms with Gasteiger partial charge in [-0.2, -0.15) is 0 Å². The van der Waals surface area contributed by atoms with E-state index in [4.69, 9.17) is 4.74 Å². The Balaban J connectivity index is 2.31. The fourth-order valence-electron chi connectivity index (χ4n) is 1.60. The fraction of sp³-hybridized carbons (Fsp3) is 0.800. The third-order valence-corrected chi connectivity index (χ3v) is 2.40. The van der Waals surface area contributed by atoms with Crippen molar-refractivity contribution in [2.45, 2.75) is 32.2 Å². The van der Waals surface area contributed by atoms with Crippen LogP contribution < -0.4 is 0 Å². The van der Waals surface area contributed by atoms with Gasteiger partial charge in [0, 0.05) is 6.54 Å². The van der Waals surface area contributed by atoms with Crippen LogP contribution >= 0.6 is 0 Å². The molecule has 1 rings (SSSR count). The van der Waals surface area contributed by atoms with Crippen molar-refractivity contribution in [3.63, 3.8) is 0 Å². The molecule has 1 fully saturated rings. The third-order valence-electron chi connectivity index (χ3n) is 2.40. The molecule has 1 unspecified atom stereocenters. The first-order valence-corrected chi connectivity index (χ1v) is 4.84. The van der Waals surface area contributed by atoms with Crippen molar-refractivity contribution in [3.8, 4) is 0 Å². The van der Waals surface area contributed by atoms with E-state index in [0.717, 1.165) is 19.8 Å². The van der Waals surface area contributed by atoms with E-state index >= 15 is 0 Å². The molecule has 0 aromatic carbocycles. The van der Waals surface area contributed by atoms with E-state index in [0.29, 0.717) is 6.04 Å². The molecule has 1 aliphatic rings. The summed E-state index contributed by atoms with van der Waals surface area (Å²) in [4.78, 5) is 2.30. The Morgan fingerprint density at radius 1 is 1.67 bits per heavy atom. The van der Waals surface area contributed by atoms with Crippen LogP contribution in [0.1, 0.15) is 26.2 Å². The summed E-state index contributed by atoms with van der Waals surface area (Å²) in [7, 11) is 0. The molecule has 0 N–H and O–H groups in total. The standard InChI is InChI=1S/C10H19NO/c1-3-5-6-10-9-12-8-7-11(10)4-2/h4,10H,2-3,5-9H2,1H3. The highest BCUT2D eigenvalue weighted by Crippen LogP contribution is 2.13. The molecule has 1 saturated heterocycles. The average Bonchev–Trinajstić information content (AvgIpc) is 2.15. The van der Waals surface area contributed by atoms with Crippen LogP contribution in [0.4, 0.5) is 0 Å². The smallest absolute Gasteiger partial charge is 0.0670 e. The summed E-state index contributed by atoms with van der Waals surface area (Å²) in [6.07, 6.45) is 5.74. The molecule has 0 amide bonds. The van der Waals surface area contributed by atoms with E-state index in [1.807, 2.05) is 6.20 Å². The zero-order valence-corrected chi connectivity index (χ0v) is 7.96. The van der Waals surface area contributed by atoms with Gasteiger partial charge in [-0.05, 0) is 12.6 Å². The number of hydrogen-bond donors (Lipinski definition) is 0. The minimum absolute atomic E-state index is 0.580. The van der Waals surface area contributed by atoms with Gasteiger partial charge in [0.05, 0.1) is 19.3 Å². The second kappa shape index (κ2) is 5.20. The van der Waals surface area contributed by atoms with Crippen molar-refractivity contribution in [2.24, 2.45) is 0 Å². The minimum Gasteiger partial charge on any atom is -0.377 e. The van der Waals surface area contributed by atoms with E-state index < -0.39 is 0 Å². The second-order valence-electron chi connectivity index (χ2n) is 3.29. The van der Waals surface area contributed by atoms with Gasteiger partial charge in [0.2, 0.25) is 0 Å². The van der Waals surface area contributed by atoms with Crippen molar-refractivity contribution >= 4 is 0 Å². The van der Waals surface area contributed by atoms with Gasteiger partial charge in [0.15, 0.2) is 0 Å². The van der Waals surface area contributed by atoms with Gasteiger partial charge in [-0.1, -0.05) is 26.3 Å². The van der Waals surface area contributed by atoms with Gasteiger partial charge >= 0.3 is 0 Å². The topological polar surface area (TPSA) is 12.5 Å². The van der Waals surface area contributed by atoms with Crippen molar-refractivity contribution < 1.29 is 4.74 Å². The molecule has 70 valence electrons. The largest absolute Gasteiger partial charge is 0.377 e. The highest BCUT2D eigenvalue weighted by atomic mass is 16.5. The Labute approximate surface area is 75.2 Å². The molecule has 0 radical (unpaired) electrons. The van der Waals surface area contributed by atoms with Gasteiger partial charge in [-0.15, -0.1) is 0 Å². The zero-order chi connectivity index (χ0) is 8.81. The minimum atomic E-state index is 0.580. The lowest BCUT2D eigenvalue weighted by Crippen LogP contribution is -2.41. The van der Waals surface area contributed by atoms with Crippen LogP contribution in [-0.4, -0.2) is 30.7 Å². The molecule has 0 bridgehead atoms. The van der Waals surface area contributed by atoms with Gasteiger partial charge in [-0.3, -0.25) is 0 Å². The van der Waals surface area contributed by atoms with Crippen molar-refractivity contribution in [2.75, 3.05) is 19.8 Å². The molecule has 0 saturated carbocycles. The zero-order valence-electron chi connectivity index (χ0n) is 7.96. The Bertz CT molecular complexity index is 136. The van der Waals surface area contributed by atoms with Crippen molar-refractivity contribution in [1.82, 2.24) is 4.90 Å². The molecule has 2 nitrogen and oxygen atoms in total. The first kappa shape index (κ1) is 9.59. The summed E-state index contributed by atoms with van der Waals surface area (Å²) in [5.74, 6) is 0. The molecule has 0 aliphatic carbocycles. The maximum absolute atomic E-state index is 5.42. The summed E-state index contributed by atoms with van der Waals surface area (Å²) in [5, 5.41) is 0. The maximum Gasteiger partial charge on any atom is 0.0670 e. The van der Waals surface area contributed by atoms with Gasteiger partial charge in [0.25, 0.3) is 0 Å². The monoisotopic (exact) mass is 169 g/mol. The van der Waals surface area contributed by atoms with E-state index in [9.17, 15) is 0 Å². The number of unbranched alkanes of at least 4 members (excludes halogenated alkanes) is 1. The molecule has 1 heterocycles. The molecule has 1 atom stereocenters. The summed E-state index contributed by atoms with van der Waals surface area (Å²) in [5.41, 5.74) is 0. The lowest BCUT2D eigenvalue weighted by atomic mass is 10.1. The number of morpholine rings is 1. The molecule has 2 heteroatoms. The summed E-state index contributed by atoms with van der Waals surface area (Å²) >= 11 is 0. The summed E-state index contributed by atoms with van der Waals surface area (Å²) in [6.45, 7) is 8.79. The van der Waals surface area contributed by atoms with Crippen molar-refractivity contribution in [3.05, 3.63) is 12.8 Å². The average molecular weight is 169 g/mol. The van der Waals surface area contributed by atoms with Crippen LogP contribution in [0, 0.1) is 0 Å². The molecular formula is C10H19NO. The van der Waals surface area contributed by atoms with Gasteiger partial charge in [0.1, 0.15) is 0 Å². The first-order valence-electron chi connectivity index (χ1n) is 4.84. The fourth-order valence-corrected chi connectivity index (χ4v) is 1.60. The maximum atomic E-state index is 5.42. The van der Waals surface area contributed by atoms with E-state index in [1.165, 1.54) is 19.3 Å². The number of nitrogens with zero attached hydrogens (tertiary/aromatic N) is 1. The number of ether oxygens (including phenoxy) is 1. The molecule has 1 aliphatic heterocycles. The highest BCUT2D eigenvalue weighted by molar-refractivity contribution is 4.82. The Hall–Kier alpha value is -0.500. The molecule has 0 aromatic rings. The van der Waals surface area contributed by atoms with Gasteiger partial charge < -0.3 is 9.64 Å². The molecular weight excluding hydrogens is 150 g/mol. The molecule has 0 spiro atoms. The van der Waals surface area contributed by atoms with Crippen LogP contribution in [0.15, 0.2) is 12.8 Å². The van der Waals surface area contributed by atoms with Crippen LogP contribution in [0.3, 0.4) is 0 Å². The van der Waals surface area contributed by atoms with Crippen LogP contribution in [0.2, 0.25) is 0 Å². The lowest BCUT2D eigenvalue weighted by Gasteiger charge is -2.34. The van der Waals surface area contributed by atoms with Crippen LogP contribution in [0.5, 0.6) is 0 Å². The molecule has 0 aromatic heterocycles. The Morgan fingerprint density at radius 2 is 2.50 bits per heavy atom. The van der Waals surface area contributed by atoms with Crippen LogP contribution in [-0.2, 0) is 4.74 Å². The SMILES string of the molecule is C=CN1CCOCC1CCCC. The summed E-state index contributed by atoms with van der Waals surface area (Å²) in [6, 6.07) is 0.580. The Morgan fingerprint density at radius 3 is 3.17 bits per heavy atom. The first-order chi connectivity index (χ1) is 5.88. The normalized spacial score (nSPS) is 24.1. The number of rotatable bonds is 4. The predicted octanol–water partition coefficient (Wildman–Crippen LogP) is 2.02. The number of hydrogen-bond acceptors (Lipinski definition) is 2. The summed E-state index contributed by atoms with van der Waals surface area (Å²) < 4.78 is 5.42. The van der Waals surface area contributed by atoms with E-state index in [1.54, 1.807) is 0 Å². The van der Waals surface area contributed by atoms with Gasteiger partial charge in [-0.25, -0.2) is 0 Å². The third kappa shape index (κ3) is 2.52. The lowest BCUT2D eigenvalue weighted by molar-refractivity contribution is 0.0128. The highest BCUT2D eigenvalue weighted by Gasteiger charge is 2.18. The second-order valence-corrected chi connectivity index (χ2v) is 3.29. The Kier molecular flexibility index (Phi) is 4.15. The predicted molar refractivity (Wildman–Crippen MR) is 51.0 cm³/mol. The van der Waals surface area contributed by atoms with Crippen LogP contribution in [0.25, 0.3) is 0 Å². The quantitative estimate of drug-likeness (QED) is 0.638. The van der Waals surface area contributed by atoms with E-state index in [2.05, 4.69) is 18.4 Å². The van der Waals surface area contributed by atoms with Crippen molar-refractivity contribution in [1.29, 1.82) is 0 Å². The molecule has 12 heavy (non-hydrogen) atoms. The van der Waals surface area contributed by atoms with E-state index in [-0.39, 0.29) is 0 Å².